The minimum atomic E-state index is -0.547. The first-order valence-electron chi connectivity index (χ1n) is 5.53. The largest absolute Gasteiger partial charge is 0.365 e. The molecule has 1 aliphatic rings. The fourth-order valence-electron chi connectivity index (χ4n) is 2.45. The van der Waals surface area contributed by atoms with Gasteiger partial charge < -0.3 is 5.32 Å². The predicted octanol–water partition coefficient (Wildman–Crippen LogP) is 1.96. The molecule has 0 radical (unpaired) electrons. The van der Waals surface area contributed by atoms with Crippen molar-refractivity contribution in [1.29, 1.82) is 0 Å². The van der Waals surface area contributed by atoms with Gasteiger partial charge in [0.25, 0.3) is 0 Å². The van der Waals surface area contributed by atoms with Crippen LogP contribution in [0.15, 0.2) is 12.7 Å². The van der Waals surface area contributed by atoms with Crippen LogP contribution in [0.3, 0.4) is 0 Å². The van der Waals surface area contributed by atoms with E-state index in [0.717, 1.165) is 18.9 Å². The molecule has 0 unspecified atom stereocenters. The molecule has 0 aliphatic carbocycles. The normalized spacial score (nSPS) is 23.8. The first-order chi connectivity index (χ1) is 7.24. The molecule has 0 spiro atoms. The Balaban J connectivity index is 2.54. The van der Waals surface area contributed by atoms with Crippen molar-refractivity contribution in [3.63, 3.8) is 0 Å². The third kappa shape index (κ3) is 3.94. The van der Waals surface area contributed by atoms with E-state index < -0.39 is 5.97 Å². The summed E-state index contributed by atoms with van der Waals surface area (Å²) in [6, 6.07) is 0. The quantitative estimate of drug-likeness (QED) is 0.455. The third-order valence-electron chi connectivity index (χ3n) is 2.59. The minimum Gasteiger partial charge on any atom is -0.307 e. The fourth-order valence-corrected chi connectivity index (χ4v) is 2.45. The number of piperidine rings is 1. The number of nitrogens with one attached hydrogen (secondary N) is 1. The van der Waals surface area contributed by atoms with Gasteiger partial charge in [0.05, 0.1) is 0 Å². The van der Waals surface area contributed by atoms with Crippen molar-refractivity contribution < 1.29 is 14.6 Å². The number of carbonyl (C=O) groups is 1. The van der Waals surface area contributed by atoms with Crippen LogP contribution in [0.4, 0.5) is 0 Å². The van der Waals surface area contributed by atoms with Gasteiger partial charge in [-0.1, -0.05) is 6.58 Å². The third-order valence-corrected chi connectivity index (χ3v) is 2.59. The molecule has 0 bridgehead atoms. The molecule has 4 heteroatoms. The first kappa shape index (κ1) is 13.2. The molecule has 0 aromatic rings. The zero-order valence-corrected chi connectivity index (χ0v) is 10.5. The molecule has 1 rings (SSSR count). The molecule has 1 fully saturated rings. The maximum atomic E-state index is 10.9. The highest BCUT2D eigenvalue weighted by Gasteiger charge is 2.39. The topological polar surface area (TPSA) is 47.6 Å². The van der Waals surface area contributed by atoms with E-state index >= 15 is 0 Å². The zero-order chi connectivity index (χ0) is 12.4. The van der Waals surface area contributed by atoms with Gasteiger partial charge in [-0.2, -0.15) is 4.89 Å². The number of carbonyl (C=O) groups excluding carboxylic acids is 1. The van der Waals surface area contributed by atoms with Crippen molar-refractivity contribution in [1.82, 2.24) is 5.32 Å². The Bertz CT molecular complexity index is 268. The molecule has 1 aliphatic heterocycles. The van der Waals surface area contributed by atoms with Crippen molar-refractivity contribution >= 4 is 5.97 Å². The Morgan fingerprint density at radius 1 is 1.31 bits per heavy atom. The van der Waals surface area contributed by atoms with E-state index in [9.17, 15) is 4.79 Å². The first-order valence-corrected chi connectivity index (χ1v) is 5.53. The maximum Gasteiger partial charge on any atom is 0.365 e. The van der Waals surface area contributed by atoms with Crippen molar-refractivity contribution in [2.45, 2.75) is 57.7 Å². The van der Waals surface area contributed by atoms with Gasteiger partial charge >= 0.3 is 5.97 Å². The van der Waals surface area contributed by atoms with E-state index in [2.05, 4.69) is 44.5 Å². The van der Waals surface area contributed by atoms with Gasteiger partial charge in [-0.05, 0) is 40.5 Å². The maximum absolute atomic E-state index is 10.9. The standard InChI is InChI=1S/C12H21NO3/c1-6-10(14)16-15-9-7-11(2,3)13-12(4,5)8-9/h6,9,13H,1,7-8H2,2-5H3. The van der Waals surface area contributed by atoms with Crippen LogP contribution in [-0.2, 0) is 14.6 Å². The van der Waals surface area contributed by atoms with Crippen LogP contribution in [0.25, 0.3) is 0 Å². The predicted molar refractivity (Wildman–Crippen MR) is 61.7 cm³/mol. The van der Waals surface area contributed by atoms with E-state index in [1.807, 2.05) is 0 Å². The van der Waals surface area contributed by atoms with Crippen molar-refractivity contribution in [2.75, 3.05) is 0 Å². The van der Waals surface area contributed by atoms with Crippen LogP contribution in [0.1, 0.15) is 40.5 Å². The van der Waals surface area contributed by atoms with Gasteiger partial charge in [0, 0.05) is 17.2 Å². The Kier molecular flexibility index (Phi) is 3.76. The summed E-state index contributed by atoms with van der Waals surface area (Å²) in [6.07, 6.45) is 2.63. The molecule has 0 atom stereocenters. The van der Waals surface area contributed by atoms with Crippen molar-refractivity contribution in [2.24, 2.45) is 0 Å². The summed E-state index contributed by atoms with van der Waals surface area (Å²) in [5.41, 5.74) is -0.0417. The monoisotopic (exact) mass is 227 g/mol. The van der Waals surface area contributed by atoms with Gasteiger partial charge in [0.2, 0.25) is 0 Å². The van der Waals surface area contributed by atoms with Crippen molar-refractivity contribution in [3.8, 4) is 0 Å². The van der Waals surface area contributed by atoms with E-state index in [4.69, 9.17) is 4.89 Å². The summed E-state index contributed by atoms with van der Waals surface area (Å²) < 4.78 is 0. The number of hydrogen-bond acceptors (Lipinski definition) is 4. The summed E-state index contributed by atoms with van der Waals surface area (Å²) in [4.78, 5) is 20.7. The molecular formula is C12H21NO3. The van der Waals surface area contributed by atoms with Crippen LogP contribution < -0.4 is 5.32 Å². The van der Waals surface area contributed by atoms with E-state index in [-0.39, 0.29) is 17.2 Å². The zero-order valence-electron chi connectivity index (χ0n) is 10.5. The number of rotatable bonds is 3. The van der Waals surface area contributed by atoms with Gasteiger partial charge in [-0.25, -0.2) is 4.79 Å². The van der Waals surface area contributed by atoms with Crippen LogP contribution in [0, 0.1) is 0 Å². The molecular weight excluding hydrogens is 206 g/mol. The van der Waals surface area contributed by atoms with Crippen LogP contribution in [0.2, 0.25) is 0 Å². The highest BCUT2D eigenvalue weighted by atomic mass is 17.2. The fraction of sp³-hybridized carbons (Fsp3) is 0.750. The van der Waals surface area contributed by atoms with Gasteiger partial charge in [0.15, 0.2) is 0 Å². The highest BCUT2D eigenvalue weighted by molar-refractivity contribution is 5.80. The van der Waals surface area contributed by atoms with Gasteiger partial charge in [0.1, 0.15) is 6.10 Å². The second kappa shape index (κ2) is 4.55. The summed E-state index contributed by atoms with van der Waals surface area (Å²) in [6.45, 7) is 11.8. The lowest BCUT2D eigenvalue weighted by atomic mass is 9.81. The van der Waals surface area contributed by atoms with Crippen molar-refractivity contribution in [3.05, 3.63) is 12.7 Å². The highest BCUT2D eigenvalue weighted by Crippen LogP contribution is 2.30. The molecule has 0 amide bonds. The Labute approximate surface area is 96.9 Å². The second-order valence-corrected chi connectivity index (χ2v) is 5.63. The summed E-state index contributed by atoms with van der Waals surface area (Å²) >= 11 is 0. The summed E-state index contributed by atoms with van der Waals surface area (Å²) in [5, 5.41) is 3.52. The van der Waals surface area contributed by atoms with Gasteiger partial charge in [-0.15, -0.1) is 0 Å². The number of hydrogen-bond donors (Lipinski definition) is 1. The minimum absolute atomic E-state index is 0.0208. The summed E-state index contributed by atoms with van der Waals surface area (Å²) in [5.74, 6) is -0.547. The average molecular weight is 227 g/mol. The molecule has 1 N–H and O–H groups in total. The Morgan fingerprint density at radius 2 is 1.81 bits per heavy atom. The van der Waals surface area contributed by atoms with E-state index in [1.165, 1.54) is 0 Å². The molecule has 1 heterocycles. The molecule has 1 saturated heterocycles. The lowest BCUT2D eigenvalue weighted by Gasteiger charge is -2.45. The molecule has 0 saturated carbocycles. The molecule has 4 nitrogen and oxygen atoms in total. The molecule has 92 valence electrons. The Morgan fingerprint density at radius 3 is 2.25 bits per heavy atom. The second-order valence-electron chi connectivity index (χ2n) is 5.63. The average Bonchev–Trinajstić information content (AvgIpc) is 2.09. The Hall–Kier alpha value is -0.870. The van der Waals surface area contributed by atoms with Crippen LogP contribution >= 0.6 is 0 Å². The lowest BCUT2D eigenvalue weighted by Crippen LogP contribution is -2.59. The molecule has 0 aromatic heterocycles. The summed E-state index contributed by atoms with van der Waals surface area (Å²) in [7, 11) is 0. The smallest absolute Gasteiger partial charge is 0.307 e. The molecule has 16 heavy (non-hydrogen) atoms. The van der Waals surface area contributed by atoms with Gasteiger partial charge in [-0.3, -0.25) is 4.89 Å². The van der Waals surface area contributed by atoms with E-state index in [1.54, 1.807) is 0 Å². The van der Waals surface area contributed by atoms with Crippen LogP contribution in [0.5, 0.6) is 0 Å². The van der Waals surface area contributed by atoms with E-state index in [0.29, 0.717) is 0 Å². The molecule has 0 aromatic carbocycles. The lowest BCUT2D eigenvalue weighted by molar-refractivity contribution is -0.303. The SMILES string of the molecule is C=CC(=O)OOC1CC(C)(C)NC(C)(C)C1. The van der Waals surface area contributed by atoms with Crippen LogP contribution in [-0.4, -0.2) is 23.2 Å².